The summed E-state index contributed by atoms with van der Waals surface area (Å²) in [4.78, 5) is 30.7. The van der Waals surface area contributed by atoms with Crippen molar-refractivity contribution >= 4 is 0 Å². The van der Waals surface area contributed by atoms with Gasteiger partial charge in [0.1, 0.15) is 5.82 Å². The Kier molecular flexibility index (Phi) is 9.72. The molecule has 6 nitrogen and oxygen atoms in total. The maximum absolute atomic E-state index is 15.4. The molecule has 3 aliphatic rings. The maximum atomic E-state index is 15.4. The number of benzene rings is 9. The molecule has 3 aliphatic carbocycles. The number of hydrogen-bond donors (Lipinski definition) is 0. The summed E-state index contributed by atoms with van der Waals surface area (Å²) in [6.07, 6.45) is 0. The summed E-state index contributed by atoms with van der Waals surface area (Å²) in [5.74, 6) is 2.87. The summed E-state index contributed by atoms with van der Waals surface area (Å²) in [6, 6.07) is 75.7. The van der Waals surface area contributed by atoms with Crippen molar-refractivity contribution < 1.29 is 4.39 Å². The molecule has 324 valence electrons. The Bertz CT molecular complexity index is 3750. The van der Waals surface area contributed by atoms with E-state index in [0.29, 0.717) is 34.9 Å². The third-order valence-corrected chi connectivity index (χ3v) is 13.4. The summed E-state index contributed by atoms with van der Waals surface area (Å²) in [5.41, 5.74) is 16.3. The first-order valence-electron chi connectivity index (χ1n) is 23.1. The maximum Gasteiger partial charge on any atom is 0.164 e. The van der Waals surface area contributed by atoms with Gasteiger partial charge in [-0.05, 0) is 92.0 Å². The van der Waals surface area contributed by atoms with Crippen LogP contribution in [-0.4, -0.2) is 29.9 Å². The quantitative estimate of drug-likeness (QED) is 0.151. The SMILES string of the molecule is Fc1ccc2c(c1)C1c3ccc(-c4nc(-c5ccccc5)nc(-c5cccc(-c6ccccc6)c5)n4)cc3C2c2ccc(-c3nc(-c4ccccc4)nc(-c4cccc(-c5ccccc5)c4)n3)cc21. The number of nitrogens with zero attached hydrogens (tertiary/aromatic N) is 6. The van der Waals surface area contributed by atoms with Gasteiger partial charge in [0, 0.05) is 45.2 Å². The van der Waals surface area contributed by atoms with E-state index in [2.05, 4.69) is 97.1 Å². The fourth-order valence-electron chi connectivity index (χ4n) is 10.2. The minimum absolute atomic E-state index is 0.156. The van der Waals surface area contributed by atoms with Gasteiger partial charge in [-0.3, -0.25) is 0 Å². The van der Waals surface area contributed by atoms with Gasteiger partial charge >= 0.3 is 0 Å². The standard InChI is InChI=1S/C62H39FN6/c63-48-29-32-51-54(37-48)56-50-31-28-46(61-66-57(40-19-9-3-10-20-40)64-59(68-61)44-25-13-23-42(33-44)38-15-5-1-6-16-38)35-52(50)55(51)49-30-27-47(36-53(49)56)62-67-58(41-21-11-4-12-22-41)65-60(69-62)45-26-14-24-43(34-45)39-17-7-2-8-18-39/h1-37,55-56H. The lowest BCUT2D eigenvalue weighted by Gasteiger charge is -2.42. The fourth-order valence-corrected chi connectivity index (χ4v) is 10.2. The summed E-state index contributed by atoms with van der Waals surface area (Å²) < 4.78 is 15.4. The van der Waals surface area contributed by atoms with E-state index in [9.17, 15) is 0 Å². The monoisotopic (exact) mass is 886 g/mol. The van der Waals surface area contributed by atoms with Crippen molar-refractivity contribution in [1.82, 2.24) is 29.9 Å². The first kappa shape index (κ1) is 40.2. The molecule has 14 rings (SSSR count). The van der Waals surface area contributed by atoms with Gasteiger partial charge in [0.2, 0.25) is 0 Å². The van der Waals surface area contributed by atoms with Crippen LogP contribution in [0.25, 0.3) is 90.6 Å². The molecule has 0 radical (unpaired) electrons. The molecule has 0 fully saturated rings. The van der Waals surface area contributed by atoms with Gasteiger partial charge in [-0.25, -0.2) is 34.3 Å². The van der Waals surface area contributed by atoms with E-state index in [4.69, 9.17) is 29.9 Å². The van der Waals surface area contributed by atoms with Crippen molar-refractivity contribution in [2.45, 2.75) is 11.8 Å². The second kappa shape index (κ2) is 16.7. The lowest BCUT2D eigenvalue weighted by Crippen LogP contribution is -2.28. The fraction of sp³-hybridized carbons (Fsp3) is 0.0323. The average molecular weight is 887 g/mol. The first-order chi connectivity index (χ1) is 34.1. The molecule has 0 N–H and O–H groups in total. The Morgan fingerprint density at radius 2 is 0.507 bits per heavy atom. The van der Waals surface area contributed by atoms with E-state index in [1.54, 1.807) is 12.1 Å². The van der Waals surface area contributed by atoms with Crippen LogP contribution in [0.5, 0.6) is 0 Å². The van der Waals surface area contributed by atoms with Crippen LogP contribution in [0.4, 0.5) is 4.39 Å². The van der Waals surface area contributed by atoms with Crippen LogP contribution in [-0.2, 0) is 0 Å². The summed E-state index contributed by atoms with van der Waals surface area (Å²) in [7, 11) is 0. The minimum atomic E-state index is -0.257. The summed E-state index contributed by atoms with van der Waals surface area (Å²) in [5, 5.41) is 0. The Labute approximate surface area is 398 Å². The third kappa shape index (κ3) is 7.28. The molecule has 2 heterocycles. The molecule has 9 aromatic carbocycles. The number of halogens is 1. The molecule has 2 aromatic heterocycles. The molecule has 69 heavy (non-hydrogen) atoms. The molecule has 7 heteroatoms. The van der Waals surface area contributed by atoms with Crippen LogP contribution < -0.4 is 0 Å². The van der Waals surface area contributed by atoms with E-state index >= 15 is 4.39 Å². The van der Waals surface area contributed by atoms with E-state index in [0.717, 1.165) is 83.5 Å². The zero-order valence-corrected chi connectivity index (χ0v) is 37.1. The molecule has 2 atom stereocenters. The van der Waals surface area contributed by atoms with Gasteiger partial charge in [0.25, 0.3) is 0 Å². The van der Waals surface area contributed by atoms with Gasteiger partial charge in [-0.15, -0.1) is 0 Å². The highest BCUT2D eigenvalue weighted by molar-refractivity contribution is 5.78. The lowest BCUT2D eigenvalue weighted by molar-refractivity contribution is 0.619. The highest BCUT2D eigenvalue weighted by atomic mass is 19.1. The van der Waals surface area contributed by atoms with Gasteiger partial charge in [-0.1, -0.05) is 188 Å². The molecule has 0 saturated carbocycles. The predicted octanol–water partition coefficient (Wildman–Crippen LogP) is 14.5. The van der Waals surface area contributed by atoms with Crippen molar-refractivity contribution in [2.24, 2.45) is 0 Å². The Hall–Kier alpha value is -9.07. The second-order valence-corrected chi connectivity index (χ2v) is 17.6. The molecule has 2 bridgehead atoms. The van der Waals surface area contributed by atoms with Crippen LogP contribution in [0.15, 0.2) is 224 Å². The number of aromatic nitrogens is 6. The van der Waals surface area contributed by atoms with Crippen molar-refractivity contribution in [2.75, 3.05) is 0 Å². The Morgan fingerprint density at radius 1 is 0.217 bits per heavy atom. The average Bonchev–Trinajstić information content (AvgIpc) is 3.43. The Morgan fingerprint density at radius 3 is 0.913 bits per heavy atom. The number of hydrogen-bond acceptors (Lipinski definition) is 6. The van der Waals surface area contributed by atoms with E-state index in [-0.39, 0.29) is 17.7 Å². The van der Waals surface area contributed by atoms with Gasteiger partial charge in [-0.2, -0.15) is 0 Å². The van der Waals surface area contributed by atoms with Crippen molar-refractivity contribution in [1.29, 1.82) is 0 Å². The second-order valence-electron chi connectivity index (χ2n) is 17.6. The van der Waals surface area contributed by atoms with Crippen LogP contribution >= 0.6 is 0 Å². The van der Waals surface area contributed by atoms with E-state index in [1.165, 1.54) is 5.56 Å². The molecule has 11 aromatic rings. The van der Waals surface area contributed by atoms with Crippen molar-refractivity contribution in [3.8, 4) is 90.6 Å². The topological polar surface area (TPSA) is 77.3 Å². The highest BCUT2D eigenvalue weighted by Crippen LogP contribution is 2.57. The largest absolute Gasteiger partial charge is 0.208 e. The van der Waals surface area contributed by atoms with Gasteiger partial charge in [0.05, 0.1) is 0 Å². The molecular formula is C62H39FN6. The highest BCUT2D eigenvalue weighted by Gasteiger charge is 2.42. The van der Waals surface area contributed by atoms with E-state index in [1.807, 2.05) is 115 Å². The molecule has 2 unspecified atom stereocenters. The van der Waals surface area contributed by atoms with Crippen LogP contribution in [0.3, 0.4) is 0 Å². The summed E-state index contributed by atoms with van der Waals surface area (Å²) >= 11 is 0. The normalized spacial score (nSPS) is 14.2. The molecule has 0 amide bonds. The first-order valence-corrected chi connectivity index (χ1v) is 23.1. The van der Waals surface area contributed by atoms with E-state index < -0.39 is 0 Å². The zero-order chi connectivity index (χ0) is 45.8. The molecule has 0 aliphatic heterocycles. The van der Waals surface area contributed by atoms with Crippen molar-refractivity contribution in [3.05, 3.63) is 264 Å². The summed E-state index contributed by atoms with van der Waals surface area (Å²) in [6.45, 7) is 0. The van der Waals surface area contributed by atoms with Crippen molar-refractivity contribution in [3.63, 3.8) is 0 Å². The predicted molar refractivity (Wildman–Crippen MR) is 271 cm³/mol. The molecule has 0 spiro atoms. The van der Waals surface area contributed by atoms with Crippen LogP contribution in [0.1, 0.15) is 45.2 Å². The zero-order valence-electron chi connectivity index (χ0n) is 37.1. The smallest absolute Gasteiger partial charge is 0.164 e. The van der Waals surface area contributed by atoms with Gasteiger partial charge in [0.15, 0.2) is 34.9 Å². The van der Waals surface area contributed by atoms with Gasteiger partial charge < -0.3 is 0 Å². The van der Waals surface area contributed by atoms with Crippen LogP contribution in [0.2, 0.25) is 0 Å². The third-order valence-electron chi connectivity index (χ3n) is 13.4. The Balaban J connectivity index is 0.930. The minimum Gasteiger partial charge on any atom is -0.208 e. The lowest BCUT2D eigenvalue weighted by atomic mass is 9.60. The molecule has 0 saturated heterocycles. The molecular weight excluding hydrogens is 848 g/mol. The number of rotatable bonds is 8. The van der Waals surface area contributed by atoms with Crippen LogP contribution in [0, 0.1) is 5.82 Å².